The summed E-state index contributed by atoms with van der Waals surface area (Å²) in [6.45, 7) is 7.48. The molecule has 3 aliphatic carbocycles. The molecule has 2 aromatic carbocycles. The van der Waals surface area contributed by atoms with Gasteiger partial charge in [0.25, 0.3) is 5.91 Å². The minimum absolute atomic E-state index is 0. The summed E-state index contributed by atoms with van der Waals surface area (Å²) >= 11 is 1.52. The zero-order chi connectivity index (χ0) is 28.2. The molecule has 2 bridgehead atoms. The molecule has 3 aliphatic rings. The summed E-state index contributed by atoms with van der Waals surface area (Å²) in [6.07, 6.45) is 6.90. The Hall–Kier alpha value is -2.20. The van der Waals surface area contributed by atoms with Crippen molar-refractivity contribution in [3.05, 3.63) is 59.2 Å². The minimum Gasteiger partial charge on any atom is -0.548 e. The van der Waals surface area contributed by atoms with Crippen molar-refractivity contribution in [1.82, 2.24) is 10.6 Å². The van der Waals surface area contributed by atoms with Crippen LogP contribution in [0.1, 0.15) is 67.4 Å². The number of carbonyl (C=O) groups is 3. The molecule has 3 saturated carbocycles. The van der Waals surface area contributed by atoms with Crippen LogP contribution in [0.5, 0.6) is 0 Å². The summed E-state index contributed by atoms with van der Waals surface area (Å²) in [5.41, 5.74) is 4.42. The average Bonchev–Trinajstić information content (AvgIpc) is 2.92. The Morgan fingerprint density at radius 2 is 1.85 bits per heavy atom. The summed E-state index contributed by atoms with van der Waals surface area (Å²) in [5, 5.41) is 17.4. The van der Waals surface area contributed by atoms with Crippen molar-refractivity contribution in [2.45, 2.75) is 65.3 Å². The van der Waals surface area contributed by atoms with Crippen molar-refractivity contribution in [2.24, 2.45) is 23.2 Å². The molecule has 0 saturated heterocycles. The first kappa shape index (κ1) is 32.3. The number of aliphatic carboxylic acids is 1. The number of benzene rings is 2. The molecule has 6 nitrogen and oxygen atoms in total. The zero-order valence-electron chi connectivity index (χ0n) is 24.5. The molecule has 0 spiro atoms. The summed E-state index contributed by atoms with van der Waals surface area (Å²) < 4.78 is 0. The van der Waals surface area contributed by atoms with Crippen molar-refractivity contribution in [3.63, 3.8) is 0 Å². The van der Waals surface area contributed by atoms with Crippen LogP contribution in [0.4, 0.5) is 0 Å². The second-order valence-electron chi connectivity index (χ2n) is 11.8. The third-order valence-corrected chi connectivity index (χ3v) is 9.81. The molecule has 3 fully saturated rings. The topological polar surface area (TPSA) is 98.3 Å². The van der Waals surface area contributed by atoms with E-state index in [0.717, 1.165) is 34.7 Å². The molecule has 210 valence electrons. The molecule has 4 unspecified atom stereocenters. The number of amides is 2. The summed E-state index contributed by atoms with van der Waals surface area (Å²) in [4.78, 5) is 37.6. The molecular formula is C32H41LiN2O4S. The third-order valence-electron chi connectivity index (χ3n) is 9.17. The Morgan fingerprint density at radius 1 is 1.10 bits per heavy atom. The Kier molecular flexibility index (Phi) is 11.4. The molecule has 5 rings (SSSR count). The standard InChI is InChI=1S/C32H42N2O4S.Li/c1-20-7-5-6-8-24(20)26-17-21(9-13-25(26)30(36)34-28(31(37)38)15-16-39-4)10-14-29(35)33-19-22-11-12-23-18-27(22)32(23,2)3;/h5-9,13,17,22-23,27-28H,10-12,14-16,18-19H2,1-4H3,(H,33,35)(H,34,36)(H,37,38);/q;+1/p-1. The Labute approximate surface area is 255 Å². The molecule has 2 aromatic rings. The van der Waals surface area contributed by atoms with E-state index in [4.69, 9.17) is 0 Å². The fourth-order valence-corrected chi connectivity index (χ4v) is 7.03. The molecular weight excluding hydrogens is 515 g/mol. The monoisotopic (exact) mass is 556 g/mol. The largest absolute Gasteiger partial charge is 1.00 e. The van der Waals surface area contributed by atoms with Gasteiger partial charge in [0.05, 0.1) is 12.0 Å². The van der Waals surface area contributed by atoms with E-state index >= 15 is 0 Å². The fourth-order valence-electron chi connectivity index (χ4n) is 6.56. The van der Waals surface area contributed by atoms with Crippen molar-refractivity contribution in [2.75, 3.05) is 18.6 Å². The van der Waals surface area contributed by atoms with Crippen LogP contribution in [0.3, 0.4) is 0 Å². The van der Waals surface area contributed by atoms with Gasteiger partial charge in [0.15, 0.2) is 0 Å². The van der Waals surface area contributed by atoms with E-state index in [2.05, 4.69) is 24.5 Å². The van der Waals surface area contributed by atoms with Crippen molar-refractivity contribution in [1.29, 1.82) is 0 Å². The van der Waals surface area contributed by atoms with E-state index in [0.29, 0.717) is 47.8 Å². The maximum absolute atomic E-state index is 13.2. The fraction of sp³-hybridized carbons (Fsp3) is 0.531. The van der Waals surface area contributed by atoms with E-state index in [9.17, 15) is 19.5 Å². The number of hydrogen-bond donors (Lipinski definition) is 2. The average molecular weight is 557 g/mol. The number of hydrogen-bond acceptors (Lipinski definition) is 5. The number of nitrogens with one attached hydrogen (secondary N) is 2. The van der Waals surface area contributed by atoms with Gasteiger partial charge in [0, 0.05) is 18.5 Å². The van der Waals surface area contributed by atoms with Gasteiger partial charge in [0.1, 0.15) is 0 Å². The van der Waals surface area contributed by atoms with Gasteiger partial charge in [-0.05, 0) is 103 Å². The smallest absolute Gasteiger partial charge is 0.548 e. The normalized spacial score (nSPS) is 21.4. The first-order chi connectivity index (χ1) is 18.6. The van der Waals surface area contributed by atoms with E-state index in [-0.39, 0.29) is 24.8 Å². The van der Waals surface area contributed by atoms with Crippen LogP contribution in [0, 0.1) is 30.1 Å². The van der Waals surface area contributed by atoms with Gasteiger partial charge >= 0.3 is 18.9 Å². The van der Waals surface area contributed by atoms with Crippen LogP contribution in [-0.2, 0) is 16.0 Å². The molecule has 40 heavy (non-hydrogen) atoms. The van der Waals surface area contributed by atoms with Gasteiger partial charge in [-0.1, -0.05) is 50.2 Å². The van der Waals surface area contributed by atoms with Gasteiger partial charge in [-0.25, -0.2) is 0 Å². The van der Waals surface area contributed by atoms with Crippen LogP contribution in [-0.4, -0.2) is 42.4 Å². The summed E-state index contributed by atoms with van der Waals surface area (Å²) in [7, 11) is 0. The first-order valence-electron chi connectivity index (χ1n) is 14.1. The third kappa shape index (κ3) is 7.35. The van der Waals surface area contributed by atoms with Crippen molar-refractivity contribution in [3.8, 4) is 11.1 Å². The minimum atomic E-state index is -1.29. The van der Waals surface area contributed by atoms with Crippen molar-refractivity contribution < 1.29 is 38.4 Å². The van der Waals surface area contributed by atoms with Gasteiger partial charge in [0.2, 0.25) is 5.91 Å². The van der Waals surface area contributed by atoms with Crippen LogP contribution in [0.15, 0.2) is 42.5 Å². The molecule has 0 aromatic heterocycles. The number of aryl methyl sites for hydroxylation is 2. The van der Waals surface area contributed by atoms with E-state index < -0.39 is 17.9 Å². The molecule has 4 atom stereocenters. The van der Waals surface area contributed by atoms with E-state index in [1.807, 2.05) is 49.6 Å². The van der Waals surface area contributed by atoms with Gasteiger partial charge in [-0.3, -0.25) is 9.59 Å². The predicted molar refractivity (Wildman–Crippen MR) is 155 cm³/mol. The summed E-state index contributed by atoms with van der Waals surface area (Å²) in [5.74, 6) is 1.06. The molecule has 0 aliphatic heterocycles. The van der Waals surface area contributed by atoms with Crippen LogP contribution >= 0.6 is 11.8 Å². The molecule has 0 heterocycles. The summed E-state index contributed by atoms with van der Waals surface area (Å²) in [6, 6.07) is 12.3. The van der Waals surface area contributed by atoms with Gasteiger partial charge < -0.3 is 20.5 Å². The van der Waals surface area contributed by atoms with Crippen molar-refractivity contribution >= 4 is 29.5 Å². The van der Waals surface area contributed by atoms with Crippen LogP contribution in [0.25, 0.3) is 11.1 Å². The Bertz CT molecular complexity index is 1220. The van der Waals surface area contributed by atoms with E-state index in [1.54, 1.807) is 6.07 Å². The number of carboxylic acid groups (broad SMARTS) is 1. The van der Waals surface area contributed by atoms with E-state index in [1.165, 1.54) is 31.0 Å². The Balaban J connectivity index is 0.00000441. The SMILES string of the molecule is CSCCC(NC(=O)c1ccc(CCC(=O)NCC2CCC3CC2C3(C)C)cc1-c1ccccc1C)C(=O)[O-].[Li+]. The molecule has 0 radical (unpaired) electrons. The number of carbonyl (C=O) groups excluding carboxylic acids is 3. The zero-order valence-corrected chi connectivity index (χ0v) is 25.4. The second-order valence-corrected chi connectivity index (χ2v) is 12.8. The second kappa shape index (κ2) is 14.1. The molecule has 2 amide bonds. The number of fused-ring (bicyclic) bond motifs is 2. The van der Waals surface area contributed by atoms with Gasteiger partial charge in [-0.2, -0.15) is 11.8 Å². The first-order valence-corrected chi connectivity index (χ1v) is 15.5. The molecule has 2 N–H and O–H groups in total. The predicted octanol–water partition coefficient (Wildman–Crippen LogP) is 1.39. The maximum atomic E-state index is 13.2. The van der Waals surface area contributed by atoms with Gasteiger partial charge in [-0.15, -0.1) is 0 Å². The maximum Gasteiger partial charge on any atom is 1.00 e. The quantitative estimate of drug-likeness (QED) is 0.385. The Morgan fingerprint density at radius 3 is 2.50 bits per heavy atom. The number of thioether (sulfide) groups is 1. The number of rotatable bonds is 12. The number of carboxylic acids is 1. The molecule has 8 heteroatoms. The van der Waals surface area contributed by atoms with Crippen LogP contribution in [0.2, 0.25) is 0 Å². The van der Waals surface area contributed by atoms with Crippen LogP contribution < -0.4 is 34.6 Å².